The van der Waals surface area contributed by atoms with Gasteiger partial charge in [0.1, 0.15) is 5.60 Å². The monoisotopic (exact) mass is 493 g/mol. The minimum atomic E-state index is -0.601. The van der Waals surface area contributed by atoms with Crippen molar-refractivity contribution in [1.82, 2.24) is 4.90 Å². The van der Waals surface area contributed by atoms with Gasteiger partial charge in [-0.25, -0.2) is 0 Å². The van der Waals surface area contributed by atoms with Crippen LogP contribution in [-0.4, -0.2) is 48.3 Å². The zero-order valence-corrected chi connectivity index (χ0v) is 21.9. The molecule has 36 heavy (non-hydrogen) atoms. The fourth-order valence-corrected chi connectivity index (χ4v) is 3.88. The van der Waals surface area contributed by atoms with E-state index in [1.54, 1.807) is 6.92 Å². The van der Waals surface area contributed by atoms with E-state index in [1.807, 2.05) is 92.7 Å². The van der Waals surface area contributed by atoms with Crippen LogP contribution in [0.25, 0.3) is 6.08 Å². The number of carbonyl (C=O) groups is 2. The maximum Gasteiger partial charge on any atom is 0.309 e. The highest BCUT2D eigenvalue weighted by Gasteiger charge is 2.27. The number of hydrogen-bond acceptors (Lipinski definition) is 6. The molecule has 0 radical (unpaired) electrons. The van der Waals surface area contributed by atoms with Crippen molar-refractivity contribution in [3.8, 4) is 0 Å². The van der Waals surface area contributed by atoms with Crippen LogP contribution in [0.4, 0.5) is 0 Å². The number of nitrogens with zero attached hydrogens (tertiary/aromatic N) is 1. The first-order valence-electron chi connectivity index (χ1n) is 12.8. The maximum atomic E-state index is 13.5. The number of ketones is 1. The summed E-state index contributed by atoms with van der Waals surface area (Å²) in [5.74, 6) is -1.06. The Bertz CT molecular complexity index is 994. The Morgan fingerprint density at radius 2 is 1.97 bits per heavy atom. The van der Waals surface area contributed by atoms with E-state index in [2.05, 4.69) is 0 Å². The number of hydrogen-bond donors (Lipinski definition) is 0. The molecule has 6 nitrogen and oxygen atoms in total. The lowest BCUT2D eigenvalue weighted by molar-refractivity contribution is -0.160. The SMILES string of the molecule is CC(CC(=O)C1=C/N(/C=C/c2ccccc2)C/C=C/C=C\1COC1CCCCO1)C(=O)OC(C)(C)C. The van der Waals surface area contributed by atoms with Gasteiger partial charge in [0.2, 0.25) is 0 Å². The van der Waals surface area contributed by atoms with Gasteiger partial charge in [0.05, 0.1) is 12.5 Å². The van der Waals surface area contributed by atoms with Gasteiger partial charge in [0, 0.05) is 37.5 Å². The molecule has 0 amide bonds. The van der Waals surface area contributed by atoms with Gasteiger partial charge in [-0.15, -0.1) is 0 Å². The third kappa shape index (κ3) is 9.25. The summed E-state index contributed by atoms with van der Waals surface area (Å²) in [6.07, 6.45) is 14.5. The second kappa shape index (κ2) is 13.4. The zero-order chi connectivity index (χ0) is 26.0. The molecule has 1 fully saturated rings. The van der Waals surface area contributed by atoms with Crippen molar-refractivity contribution in [2.45, 2.75) is 65.3 Å². The highest BCUT2D eigenvalue weighted by Crippen LogP contribution is 2.23. The first-order chi connectivity index (χ1) is 17.2. The summed E-state index contributed by atoms with van der Waals surface area (Å²) in [5.41, 5.74) is 1.76. The molecule has 2 unspecified atom stereocenters. The van der Waals surface area contributed by atoms with Crippen molar-refractivity contribution in [2.75, 3.05) is 19.8 Å². The number of carbonyl (C=O) groups excluding carboxylic acids is 2. The summed E-state index contributed by atoms with van der Waals surface area (Å²) in [7, 11) is 0. The molecule has 1 aromatic rings. The molecule has 2 aliphatic rings. The van der Waals surface area contributed by atoms with Gasteiger partial charge in [-0.05, 0) is 57.2 Å². The molecule has 2 aliphatic heterocycles. The van der Waals surface area contributed by atoms with Crippen LogP contribution in [0.2, 0.25) is 0 Å². The summed E-state index contributed by atoms with van der Waals surface area (Å²) in [6.45, 7) is 8.76. The van der Waals surface area contributed by atoms with Gasteiger partial charge in [-0.1, -0.05) is 55.5 Å². The van der Waals surface area contributed by atoms with Crippen LogP contribution in [-0.2, 0) is 23.8 Å². The quantitative estimate of drug-likeness (QED) is 0.404. The van der Waals surface area contributed by atoms with Crippen molar-refractivity contribution in [1.29, 1.82) is 0 Å². The van der Waals surface area contributed by atoms with Crippen molar-refractivity contribution >= 4 is 17.8 Å². The molecule has 6 heteroatoms. The fraction of sp³-hybridized carbons (Fsp3) is 0.467. The molecule has 0 bridgehead atoms. The highest BCUT2D eigenvalue weighted by atomic mass is 16.7. The molecule has 0 spiro atoms. The number of allylic oxidation sites excluding steroid dienone is 2. The first kappa shape index (κ1) is 27.6. The molecule has 3 rings (SSSR count). The standard InChI is InChI=1S/C30H39NO5/c1-23(29(33)36-30(2,3)4)20-27(32)26-21-31(18-16-24-12-6-5-7-13-24)17-10-8-14-25(26)22-35-28-15-9-11-19-34-28/h5-8,10,12-14,16,18,21,23,28H,9,11,15,17,19-20,22H2,1-4H3/b10-8+,18-16+,25-14-,26-21+. The number of ether oxygens (including phenoxy) is 3. The molecule has 0 N–H and O–H groups in total. The summed E-state index contributed by atoms with van der Waals surface area (Å²) in [5, 5.41) is 0. The Morgan fingerprint density at radius 1 is 1.19 bits per heavy atom. The smallest absolute Gasteiger partial charge is 0.309 e. The summed E-state index contributed by atoms with van der Waals surface area (Å²) in [6, 6.07) is 10.0. The van der Waals surface area contributed by atoms with Gasteiger partial charge in [0.25, 0.3) is 0 Å². The van der Waals surface area contributed by atoms with Crippen LogP contribution in [0, 0.1) is 5.92 Å². The fourth-order valence-electron chi connectivity index (χ4n) is 3.88. The molecule has 1 aromatic carbocycles. The molecule has 2 atom stereocenters. The van der Waals surface area contributed by atoms with Crippen LogP contribution in [0.1, 0.15) is 58.9 Å². The van der Waals surface area contributed by atoms with E-state index in [0.717, 1.165) is 30.4 Å². The Hall–Kier alpha value is -2.96. The van der Waals surface area contributed by atoms with Crippen LogP contribution in [0.3, 0.4) is 0 Å². The predicted molar refractivity (Wildman–Crippen MR) is 142 cm³/mol. The van der Waals surface area contributed by atoms with Crippen LogP contribution >= 0.6 is 0 Å². The minimum absolute atomic E-state index is 0.0535. The molecule has 0 aromatic heterocycles. The molecule has 194 valence electrons. The number of rotatable bonds is 9. The van der Waals surface area contributed by atoms with E-state index in [1.165, 1.54) is 0 Å². The Kier molecular flexibility index (Phi) is 10.3. The minimum Gasteiger partial charge on any atom is -0.460 e. The number of benzene rings is 1. The average Bonchev–Trinajstić information content (AvgIpc) is 2.83. The largest absolute Gasteiger partial charge is 0.460 e. The molecule has 1 saturated heterocycles. The third-order valence-corrected chi connectivity index (χ3v) is 5.81. The van der Waals surface area contributed by atoms with Gasteiger partial charge < -0.3 is 19.1 Å². The van der Waals surface area contributed by atoms with Gasteiger partial charge >= 0.3 is 5.97 Å². The van der Waals surface area contributed by atoms with Crippen molar-refractivity contribution in [3.05, 3.63) is 77.7 Å². The molecule has 0 aliphatic carbocycles. The predicted octanol–water partition coefficient (Wildman–Crippen LogP) is 5.82. The number of Topliss-reactive ketones (excluding diaryl/α,β-unsaturated/α-hetero) is 1. The van der Waals surface area contributed by atoms with Crippen LogP contribution in [0.5, 0.6) is 0 Å². The Labute approximate surface area is 215 Å². The lowest BCUT2D eigenvalue weighted by atomic mass is 9.94. The second-order valence-corrected chi connectivity index (χ2v) is 10.3. The van der Waals surface area contributed by atoms with E-state index in [-0.39, 0.29) is 31.1 Å². The van der Waals surface area contributed by atoms with Crippen LogP contribution in [0.15, 0.2) is 72.1 Å². The number of esters is 1. The van der Waals surface area contributed by atoms with E-state index in [0.29, 0.717) is 18.7 Å². The molecular formula is C30H39NO5. The van der Waals surface area contributed by atoms with E-state index < -0.39 is 11.5 Å². The summed E-state index contributed by atoms with van der Waals surface area (Å²) >= 11 is 0. The van der Waals surface area contributed by atoms with Gasteiger partial charge in [-0.2, -0.15) is 0 Å². The van der Waals surface area contributed by atoms with Crippen molar-refractivity contribution in [2.24, 2.45) is 5.92 Å². The Balaban J connectivity index is 1.81. The zero-order valence-electron chi connectivity index (χ0n) is 21.9. The van der Waals surface area contributed by atoms with Crippen molar-refractivity contribution < 1.29 is 23.8 Å². The van der Waals surface area contributed by atoms with E-state index in [4.69, 9.17) is 14.2 Å². The molecule has 0 saturated carbocycles. The Morgan fingerprint density at radius 3 is 2.67 bits per heavy atom. The maximum absolute atomic E-state index is 13.5. The normalized spacial score (nSPS) is 23.6. The lowest BCUT2D eigenvalue weighted by Crippen LogP contribution is -2.29. The average molecular weight is 494 g/mol. The van der Waals surface area contributed by atoms with Gasteiger partial charge in [0.15, 0.2) is 12.1 Å². The molecule has 2 heterocycles. The summed E-state index contributed by atoms with van der Waals surface area (Å²) < 4.78 is 17.2. The molecular weight excluding hydrogens is 454 g/mol. The second-order valence-electron chi connectivity index (χ2n) is 10.3. The third-order valence-electron chi connectivity index (χ3n) is 5.81. The first-order valence-corrected chi connectivity index (χ1v) is 12.8. The van der Waals surface area contributed by atoms with Crippen molar-refractivity contribution in [3.63, 3.8) is 0 Å². The van der Waals surface area contributed by atoms with E-state index >= 15 is 0 Å². The highest BCUT2D eigenvalue weighted by molar-refractivity contribution is 6.01. The van der Waals surface area contributed by atoms with Crippen LogP contribution < -0.4 is 0 Å². The van der Waals surface area contributed by atoms with Gasteiger partial charge in [-0.3, -0.25) is 9.59 Å². The topological polar surface area (TPSA) is 65.1 Å². The summed E-state index contributed by atoms with van der Waals surface area (Å²) in [4.78, 5) is 28.1. The van der Waals surface area contributed by atoms with E-state index in [9.17, 15) is 9.59 Å². The lowest BCUT2D eigenvalue weighted by Gasteiger charge is -2.25.